The number of ether oxygens (including phenoxy) is 1. The lowest BCUT2D eigenvalue weighted by molar-refractivity contribution is -0.114. The lowest BCUT2D eigenvalue weighted by atomic mass is 10.3. The molecule has 0 aliphatic rings. The van der Waals surface area contributed by atoms with Gasteiger partial charge in [0.2, 0.25) is 11.7 Å². The fourth-order valence-corrected chi connectivity index (χ4v) is 2.50. The first-order valence-corrected chi connectivity index (χ1v) is 9.37. The predicted octanol–water partition coefficient (Wildman–Crippen LogP) is 3.52. The third kappa shape index (κ3) is 5.90. The number of amides is 1. The summed E-state index contributed by atoms with van der Waals surface area (Å²) in [4.78, 5) is 27.3. The van der Waals surface area contributed by atoms with Gasteiger partial charge in [0.1, 0.15) is 11.6 Å². The molecular weight excluding hydrogens is 412 g/mol. The molecule has 164 valence electrons. The number of aryl methyl sites for hydroxylation is 2. The SMILES string of the molecule is CCc1noc(COc2cnc(NC(C)=O)cc2Nc2cc(C)nc(C(C)(F)F)n2)n1. The van der Waals surface area contributed by atoms with Crippen LogP contribution in [0.25, 0.3) is 0 Å². The van der Waals surface area contributed by atoms with Gasteiger partial charge in [0.15, 0.2) is 18.2 Å². The van der Waals surface area contributed by atoms with Gasteiger partial charge in [0, 0.05) is 38.1 Å². The van der Waals surface area contributed by atoms with E-state index in [0.717, 1.165) is 6.92 Å². The van der Waals surface area contributed by atoms with Gasteiger partial charge in [0.05, 0.1) is 11.9 Å². The minimum Gasteiger partial charge on any atom is -0.480 e. The van der Waals surface area contributed by atoms with Gasteiger partial charge >= 0.3 is 5.92 Å². The minimum atomic E-state index is -3.21. The Kier molecular flexibility index (Phi) is 6.37. The van der Waals surface area contributed by atoms with Gasteiger partial charge in [-0.05, 0) is 6.92 Å². The molecule has 3 aromatic rings. The first-order valence-electron chi connectivity index (χ1n) is 9.37. The Hall–Kier alpha value is -3.70. The molecule has 0 fully saturated rings. The maximum atomic E-state index is 13.7. The number of carbonyl (C=O) groups excluding carboxylic acids is 1. The van der Waals surface area contributed by atoms with Crippen LogP contribution in [0.1, 0.15) is 44.0 Å². The molecule has 2 N–H and O–H groups in total. The van der Waals surface area contributed by atoms with Crippen molar-refractivity contribution in [3.8, 4) is 5.75 Å². The van der Waals surface area contributed by atoms with Crippen molar-refractivity contribution in [2.45, 2.75) is 46.6 Å². The van der Waals surface area contributed by atoms with Crippen molar-refractivity contribution in [2.24, 2.45) is 0 Å². The summed E-state index contributed by atoms with van der Waals surface area (Å²) in [6, 6.07) is 2.99. The molecule has 0 saturated carbocycles. The normalized spacial score (nSPS) is 11.3. The number of carbonyl (C=O) groups is 1. The van der Waals surface area contributed by atoms with Gasteiger partial charge in [-0.2, -0.15) is 13.8 Å². The Labute approximate surface area is 176 Å². The van der Waals surface area contributed by atoms with Crippen LogP contribution >= 0.6 is 0 Å². The van der Waals surface area contributed by atoms with E-state index in [1.165, 1.54) is 25.3 Å². The highest BCUT2D eigenvalue weighted by Gasteiger charge is 2.29. The third-order valence-electron chi connectivity index (χ3n) is 3.86. The van der Waals surface area contributed by atoms with E-state index >= 15 is 0 Å². The Morgan fingerprint density at radius 3 is 2.65 bits per heavy atom. The number of anilines is 3. The molecule has 12 heteroatoms. The number of halogens is 2. The van der Waals surface area contributed by atoms with Crippen molar-refractivity contribution in [2.75, 3.05) is 10.6 Å². The van der Waals surface area contributed by atoms with Crippen LogP contribution in [0.15, 0.2) is 22.9 Å². The maximum absolute atomic E-state index is 13.7. The lowest BCUT2D eigenvalue weighted by Crippen LogP contribution is -2.14. The molecule has 0 bridgehead atoms. The molecular formula is C19H21F2N7O3. The summed E-state index contributed by atoms with van der Waals surface area (Å²) in [5, 5.41) is 9.27. The average Bonchev–Trinajstić information content (AvgIpc) is 3.14. The molecule has 3 heterocycles. The first kappa shape index (κ1) is 22.0. The van der Waals surface area contributed by atoms with Crippen molar-refractivity contribution >= 4 is 23.2 Å². The van der Waals surface area contributed by atoms with Crippen molar-refractivity contribution in [3.63, 3.8) is 0 Å². The van der Waals surface area contributed by atoms with Crippen molar-refractivity contribution in [3.05, 3.63) is 41.6 Å². The third-order valence-corrected chi connectivity index (χ3v) is 3.86. The molecule has 0 saturated heterocycles. The van der Waals surface area contributed by atoms with E-state index in [1.54, 1.807) is 6.92 Å². The van der Waals surface area contributed by atoms with E-state index in [0.29, 0.717) is 23.6 Å². The molecule has 10 nitrogen and oxygen atoms in total. The average molecular weight is 433 g/mol. The van der Waals surface area contributed by atoms with E-state index < -0.39 is 11.7 Å². The topological polar surface area (TPSA) is 128 Å². The number of rotatable bonds is 8. The highest BCUT2D eigenvalue weighted by Crippen LogP contribution is 2.31. The second-order valence-electron chi connectivity index (χ2n) is 6.73. The molecule has 1 amide bonds. The number of nitrogens with zero attached hydrogens (tertiary/aromatic N) is 5. The van der Waals surface area contributed by atoms with E-state index in [-0.39, 0.29) is 35.8 Å². The maximum Gasteiger partial charge on any atom is 0.303 e. The number of nitrogens with one attached hydrogen (secondary N) is 2. The van der Waals surface area contributed by atoms with E-state index in [1.807, 2.05) is 6.92 Å². The number of hydrogen-bond donors (Lipinski definition) is 2. The van der Waals surface area contributed by atoms with Crippen LogP contribution < -0.4 is 15.4 Å². The molecule has 0 radical (unpaired) electrons. The minimum absolute atomic E-state index is 0.0378. The van der Waals surface area contributed by atoms with E-state index in [4.69, 9.17) is 9.26 Å². The highest BCUT2D eigenvalue weighted by atomic mass is 19.3. The summed E-state index contributed by atoms with van der Waals surface area (Å²) in [7, 11) is 0. The number of aromatic nitrogens is 5. The number of hydrogen-bond acceptors (Lipinski definition) is 9. The van der Waals surface area contributed by atoms with Gasteiger partial charge in [-0.3, -0.25) is 4.79 Å². The zero-order valence-corrected chi connectivity index (χ0v) is 17.4. The van der Waals surface area contributed by atoms with Gasteiger partial charge in [-0.1, -0.05) is 12.1 Å². The standard InChI is InChI=1S/C19H21F2N7O3/c1-5-14-26-17(31-28-14)9-30-13-8-22-15(24-11(3)29)7-12(13)25-16-6-10(2)23-18(27-16)19(4,20)21/h6-8H,5,9H2,1-4H3,(H2,22,23,24,25,27,29). The predicted molar refractivity (Wildman–Crippen MR) is 106 cm³/mol. The fraction of sp³-hybridized carbons (Fsp3) is 0.368. The van der Waals surface area contributed by atoms with Gasteiger partial charge in [-0.25, -0.2) is 15.0 Å². The van der Waals surface area contributed by atoms with Crippen LogP contribution in [-0.2, 0) is 23.7 Å². The molecule has 0 aromatic carbocycles. The Morgan fingerprint density at radius 2 is 2.00 bits per heavy atom. The highest BCUT2D eigenvalue weighted by molar-refractivity contribution is 5.88. The lowest BCUT2D eigenvalue weighted by Gasteiger charge is -2.15. The zero-order chi connectivity index (χ0) is 22.6. The first-order chi connectivity index (χ1) is 14.6. The molecule has 0 aliphatic heterocycles. The van der Waals surface area contributed by atoms with E-state index in [9.17, 15) is 13.6 Å². The molecule has 0 aliphatic carbocycles. The second kappa shape index (κ2) is 8.98. The summed E-state index contributed by atoms with van der Waals surface area (Å²) in [6.07, 6.45) is 1.98. The fourth-order valence-electron chi connectivity index (χ4n) is 2.50. The van der Waals surface area contributed by atoms with Crippen molar-refractivity contribution in [1.29, 1.82) is 0 Å². The Bertz CT molecular complexity index is 1080. The molecule has 3 aromatic heterocycles. The molecule has 31 heavy (non-hydrogen) atoms. The summed E-state index contributed by atoms with van der Waals surface area (Å²) in [5.74, 6) is -2.73. The Morgan fingerprint density at radius 1 is 1.23 bits per heavy atom. The van der Waals surface area contributed by atoms with Crippen LogP contribution in [0.3, 0.4) is 0 Å². The largest absolute Gasteiger partial charge is 0.480 e. The van der Waals surface area contributed by atoms with Gasteiger partial charge < -0.3 is 19.9 Å². The molecule has 0 atom stereocenters. The summed E-state index contributed by atoms with van der Waals surface area (Å²) >= 11 is 0. The van der Waals surface area contributed by atoms with Crippen LogP contribution in [0.4, 0.5) is 26.1 Å². The quantitative estimate of drug-likeness (QED) is 0.548. The van der Waals surface area contributed by atoms with Crippen LogP contribution in [0.2, 0.25) is 0 Å². The zero-order valence-electron chi connectivity index (χ0n) is 17.4. The summed E-state index contributed by atoms with van der Waals surface area (Å²) in [6.45, 7) is 5.49. The van der Waals surface area contributed by atoms with Crippen LogP contribution in [-0.4, -0.2) is 31.0 Å². The van der Waals surface area contributed by atoms with E-state index in [2.05, 4.69) is 35.7 Å². The van der Waals surface area contributed by atoms with Crippen molar-refractivity contribution in [1.82, 2.24) is 25.1 Å². The molecule has 0 spiro atoms. The van der Waals surface area contributed by atoms with Crippen LogP contribution in [0, 0.1) is 6.92 Å². The molecule has 0 unspecified atom stereocenters. The monoisotopic (exact) mass is 433 g/mol. The summed E-state index contributed by atoms with van der Waals surface area (Å²) < 4.78 is 38.3. The molecule has 3 rings (SSSR count). The van der Waals surface area contributed by atoms with Crippen molar-refractivity contribution < 1.29 is 22.8 Å². The second-order valence-corrected chi connectivity index (χ2v) is 6.73. The Balaban J connectivity index is 1.90. The van der Waals surface area contributed by atoms with Crippen LogP contribution in [0.5, 0.6) is 5.75 Å². The summed E-state index contributed by atoms with van der Waals surface area (Å²) in [5.41, 5.74) is 0.683. The van der Waals surface area contributed by atoms with Gasteiger partial charge in [0.25, 0.3) is 5.89 Å². The van der Waals surface area contributed by atoms with Gasteiger partial charge in [-0.15, -0.1) is 0 Å². The number of pyridine rings is 1. The number of alkyl halides is 2. The smallest absolute Gasteiger partial charge is 0.303 e.